The minimum Gasteiger partial charge on any atom is -0.352 e. The summed E-state index contributed by atoms with van der Waals surface area (Å²) in [5, 5.41) is 12.5. The Balaban J connectivity index is 2.04. The van der Waals surface area contributed by atoms with Gasteiger partial charge >= 0.3 is 0 Å². The molecule has 1 aliphatic rings. The minimum absolute atomic E-state index is 0.0248. The quantitative estimate of drug-likeness (QED) is 0.672. The summed E-state index contributed by atoms with van der Waals surface area (Å²) < 4.78 is 21.9. The SMILES string of the molecule is N#Cc1ccc(Nc2c(Cl)cc(Cl)c3c2N=S=N3)cc1F. The number of nitrogens with zero attached hydrogens (tertiary/aromatic N) is 3. The lowest BCUT2D eigenvalue weighted by Gasteiger charge is -2.12. The lowest BCUT2D eigenvalue weighted by atomic mass is 10.2. The summed E-state index contributed by atoms with van der Waals surface area (Å²) in [7, 11) is 0. The molecule has 0 fully saturated rings. The molecule has 1 heterocycles. The molecule has 0 spiro atoms. The fraction of sp³-hybridized carbons (Fsp3) is 0. The smallest absolute Gasteiger partial charge is 0.143 e. The van der Waals surface area contributed by atoms with E-state index >= 15 is 0 Å². The van der Waals surface area contributed by atoms with Crippen LogP contribution in [0.4, 0.5) is 27.1 Å². The van der Waals surface area contributed by atoms with Gasteiger partial charge in [-0.25, -0.2) is 4.39 Å². The maximum atomic E-state index is 13.6. The molecule has 104 valence electrons. The summed E-state index contributed by atoms with van der Waals surface area (Å²) in [6.07, 6.45) is 0. The third kappa shape index (κ3) is 2.51. The van der Waals surface area contributed by atoms with Crippen LogP contribution in [0.15, 0.2) is 33.0 Å². The van der Waals surface area contributed by atoms with Crippen molar-refractivity contribution < 1.29 is 4.39 Å². The highest BCUT2D eigenvalue weighted by molar-refractivity contribution is 7.58. The van der Waals surface area contributed by atoms with Crippen LogP contribution in [0.1, 0.15) is 5.56 Å². The zero-order chi connectivity index (χ0) is 15.0. The van der Waals surface area contributed by atoms with Crippen LogP contribution in [0.25, 0.3) is 0 Å². The van der Waals surface area contributed by atoms with E-state index in [1.807, 2.05) is 0 Å². The molecule has 0 atom stereocenters. The first-order chi connectivity index (χ1) is 10.1. The molecule has 0 unspecified atom stereocenters. The first-order valence-electron chi connectivity index (χ1n) is 5.67. The Hall–Kier alpha value is -1.94. The molecule has 0 saturated heterocycles. The van der Waals surface area contributed by atoms with Crippen LogP contribution in [-0.4, -0.2) is 0 Å². The second-order valence-electron chi connectivity index (χ2n) is 4.11. The van der Waals surface area contributed by atoms with Crippen molar-refractivity contribution in [2.24, 2.45) is 8.73 Å². The van der Waals surface area contributed by atoms with Gasteiger partial charge in [0.2, 0.25) is 0 Å². The monoisotopic (exact) mass is 338 g/mol. The zero-order valence-corrected chi connectivity index (χ0v) is 12.5. The second kappa shape index (κ2) is 5.45. The van der Waals surface area contributed by atoms with E-state index in [4.69, 9.17) is 28.5 Å². The topological polar surface area (TPSA) is 60.5 Å². The summed E-state index contributed by atoms with van der Waals surface area (Å²) in [6.45, 7) is 0. The normalized spacial score (nSPS) is 11.7. The Morgan fingerprint density at radius 1 is 1.14 bits per heavy atom. The third-order valence-electron chi connectivity index (χ3n) is 2.80. The van der Waals surface area contributed by atoms with E-state index in [0.717, 1.165) is 11.4 Å². The van der Waals surface area contributed by atoms with Gasteiger partial charge in [-0.2, -0.15) is 14.0 Å². The van der Waals surface area contributed by atoms with Crippen molar-refractivity contribution in [3.05, 3.63) is 45.7 Å². The third-order valence-corrected chi connectivity index (χ3v) is 3.92. The molecule has 0 radical (unpaired) electrons. The summed E-state index contributed by atoms with van der Waals surface area (Å²) in [5.74, 6) is -0.611. The van der Waals surface area contributed by atoms with Gasteiger partial charge in [-0.3, -0.25) is 0 Å². The van der Waals surface area contributed by atoms with E-state index in [1.165, 1.54) is 12.1 Å². The van der Waals surface area contributed by atoms with E-state index in [-0.39, 0.29) is 5.56 Å². The summed E-state index contributed by atoms with van der Waals surface area (Å²) in [5.41, 5.74) is 1.96. The predicted octanol–water partition coefficient (Wildman–Crippen LogP) is 5.47. The van der Waals surface area contributed by atoms with Gasteiger partial charge < -0.3 is 5.32 Å². The second-order valence-corrected chi connectivity index (χ2v) is 5.45. The van der Waals surface area contributed by atoms with Crippen molar-refractivity contribution in [3.8, 4) is 6.07 Å². The number of fused-ring (bicyclic) bond motifs is 1. The summed E-state index contributed by atoms with van der Waals surface area (Å²) in [4.78, 5) is 0. The fourth-order valence-electron chi connectivity index (χ4n) is 1.82. The molecule has 2 aromatic rings. The Kier molecular flexibility index (Phi) is 3.64. The Morgan fingerprint density at radius 3 is 2.62 bits per heavy atom. The van der Waals surface area contributed by atoms with Crippen LogP contribution in [0.5, 0.6) is 0 Å². The van der Waals surface area contributed by atoms with Crippen molar-refractivity contribution in [2.75, 3.05) is 5.32 Å². The average Bonchev–Trinajstić information content (AvgIpc) is 2.93. The molecule has 4 nitrogen and oxygen atoms in total. The molecule has 0 aromatic heterocycles. The standard InChI is InChI=1S/C13H5Cl2FN4S/c14-8-4-9(15)12-13(20-21-19-12)11(8)18-7-2-1-6(5-17)10(16)3-7/h1-4,18H. The molecule has 21 heavy (non-hydrogen) atoms. The molecule has 1 N–H and O–H groups in total. The maximum Gasteiger partial charge on any atom is 0.143 e. The molecule has 0 saturated carbocycles. The molecule has 2 aromatic carbocycles. The van der Waals surface area contributed by atoms with Gasteiger partial charge in [0.25, 0.3) is 0 Å². The number of hydrogen-bond donors (Lipinski definition) is 1. The average molecular weight is 339 g/mol. The van der Waals surface area contributed by atoms with Gasteiger partial charge in [0, 0.05) is 5.69 Å². The van der Waals surface area contributed by atoms with Crippen LogP contribution in [0.2, 0.25) is 10.0 Å². The first kappa shape index (κ1) is 14.0. The molecule has 0 bridgehead atoms. The van der Waals surface area contributed by atoms with E-state index in [9.17, 15) is 4.39 Å². The van der Waals surface area contributed by atoms with Crippen molar-refractivity contribution in [2.45, 2.75) is 0 Å². The lowest BCUT2D eigenvalue weighted by molar-refractivity contribution is 0.624. The highest BCUT2D eigenvalue weighted by atomic mass is 35.5. The van der Waals surface area contributed by atoms with E-state index in [1.54, 1.807) is 18.2 Å². The largest absolute Gasteiger partial charge is 0.352 e. The number of nitrogens with one attached hydrogen (secondary N) is 1. The van der Waals surface area contributed by atoms with Gasteiger partial charge in [0.05, 0.1) is 32.7 Å². The van der Waals surface area contributed by atoms with Crippen molar-refractivity contribution >= 4 is 57.3 Å². The zero-order valence-electron chi connectivity index (χ0n) is 10.2. The predicted molar refractivity (Wildman–Crippen MR) is 82.4 cm³/mol. The lowest BCUT2D eigenvalue weighted by Crippen LogP contribution is -1.94. The number of rotatable bonds is 2. The Morgan fingerprint density at radius 2 is 1.90 bits per heavy atom. The summed E-state index contributed by atoms with van der Waals surface area (Å²) in [6, 6.07) is 7.50. The van der Waals surface area contributed by atoms with Gasteiger partial charge in [-0.1, -0.05) is 23.2 Å². The van der Waals surface area contributed by atoms with Crippen LogP contribution >= 0.6 is 23.2 Å². The van der Waals surface area contributed by atoms with Gasteiger partial charge in [-0.05, 0) is 24.3 Å². The molecular weight excluding hydrogens is 334 g/mol. The number of benzene rings is 2. The van der Waals surface area contributed by atoms with Gasteiger partial charge in [0.15, 0.2) is 0 Å². The van der Waals surface area contributed by atoms with E-state index < -0.39 is 5.82 Å². The molecule has 3 rings (SSSR count). The minimum atomic E-state index is -0.611. The highest BCUT2D eigenvalue weighted by Crippen LogP contribution is 2.48. The van der Waals surface area contributed by atoms with Crippen molar-refractivity contribution in [3.63, 3.8) is 0 Å². The maximum absolute atomic E-state index is 13.6. The number of anilines is 2. The number of halogens is 3. The first-order valence-corrected chi connectivity index (χ1v) is 7.15. The van der Waals surface area contributed by atoms with Crippen LogP contribution in [0, 0.1) is 17.1 Å². The van der Waals surface area contributed by atoms with Crippen molar-refractivity contribution in [1.82, 2.24) is 0 Å². The fourth-order valence-corrected chi connectivity index (χ4v) is 2.98. The highest BCUT2D eigenvalue weighted by Gasteiger charge is 2.19. The van der Waals surface area contributed by atoms with Crippen LogP contribution in [-0.2, 0) is 11.4 Å². The van der Waals surface area contributed by atoms with Gasteiger partial charge in [0.1, 0.15) is 23.3 Å². The molecule has 0 amide bonds. The number of nitriles is 1. The van der Waals surface area contributed by atoms with Crippen LogP contribution < -0.4 is 5.32 Å². The Labute approximate surface area is 133 Å². The van der Waals surface area contributed by atoms with E-state index in [0.29, 0.717) is 32.8 Å². The molecule has 1 aliphatic heterocycles. The van der Waals surface area contributed by atoms with Crippen molar-refractivity contribution in [1.29, 1.82) is 5.26 Å². The molecular formula is C13H5Cl2FN4S. The van der Waals surface area contributed by atoms with E-state index in [2.05, 4.69) is 14.0 Å². The summed E-state index contributed by atoms with van der Waals surface area (Å²) >= 11 is 13.2. The number of hydrogen-bond acceptors (Lipinski definition) is 4. The molecule has 0 aliphatic carbocycles. The van der Waals surface area contributed by atoms with Gasteiger partial charge in [-0.15, -0.1) is 0 Å². The van der Waals surface area contributed by atoms with Crippen LogP contribution in [0.3, 0.4) is 0 Å². The Bertz CT molecular complexity index is 869. The molecule has 8 heteroatoms.